The van der Waals surface area contributed by atoms with Gasteiger partial charge in [-0.1, -0.05) is 12.1 Å². The van der Waals surface area contributed by atoms with Crippen LogP contribution in [0.2, 0.25) is 0 Å². The lowest BCUT2D eigenvalue weighted by Gasteiger charge is -2.32. The molecule has 1 amide bonds. The highest BCUT2D eigenvalue weighted by Crippen LogP contribution is 2.22. The molecule has 1 fully saturated rings. The Kier molecular flexibility index (Phi) is 4.15. The average Bonchev–Trinajstić information content (AvgIpc) is 2.40. The van der Waals surface area contributed by atoms with E-state index < -0.39 is 0 Å². The molecule has 4 nitrogen and oxygen atoms in total. The molecule has 0 spiro atoms. The summed E-state index contributed by atoms with van der Waals surface area (Å²) >= 11 is 0. The number of carbonyl (C=O) groups is 1. The first-order valence-electron chi connectivity index (χ1n) is 5.99. The minimum atomic E-state index is -0.326. The van der Waals surface area contributed by atoms with Crippen molar-refractivity contribution >= 4 is 6.09 Å². The zero-order valence-electron chi connectivity index (χ0n) is 10.3. The Labute approximate surface area is 105 Å². The van der Waals surface area contributed by atoms with Crippen LogP contribution in [-0.4, -0.2) is 37.3 Å². The number of morpholine rings is 1. The molecule has 1 atom stereocenters. The Balaban J connectivity index is 2.02. The standard InChI is InChI=1S/C13H16FNO3/c1-2-17-13(16)15-7-8-18-12(9-15)10-3-5-11(14)6-4-10/h3-6,12H,2,7-9H2,1H3/t12-/m1/s1. The molecule has 0 unspecified atom stereocenters. The molecular weight excluding hydrogens is 237 g/mol. The quantitative estimate of drug-likeness (QED) is 0.812. The zero-order valence-corrected chi connectivity index (χ0v) is 10.3. The Bertz CT molecular complexity index is 407. The molecular formula is C13H16FNO3. The second-order valence-electron chi connectivity index (χ2n) is 4.06. The van der Waals surface area contributed by atoms with Gasteiger partial charge in [0.15, 0.2) is 0 Å². The molecule has 0 bridgehead atoms. The summed E-state index contributed by atoms with van der Waals surface area (Å²) in [5, 5.41) is 0. The molecule has 1 saturated heterocycles. The first kappa shape index (κ1) is 12.8. The van der Waals surface area contributed by atoms with E-state index in [4.69, 9.17) is 9.47 Å². The van der Waals surface area contributed by atoms with Crippen molar-refractivity contribution in [1.29, 1.82) is 0 Å². The number of ether oxygens (including phenoxy) is 2. The van der Waals surface area contributed by atoms with Crippen molar-refractivity contribution in [3.05, 3.63) is 35.6 Å². The van der Waals surface area contributed by atoms with Gasteiger partial charge >= 0.3 is 6.09 Å². The van der Waals surface area contributed by atoms with Crippen molar-refractivity contribution in [2.24, 2.45) is 0 Å². The second kappa shape index (κ2) is 5.82. The van der Waals surface area contributed by atoms with Gasteiger partial charge in [-0.25, -0.2) is 9.18 Å². The van der Waals surface area contributed by atoms with E-state index in [2.05, 4.69) is 0 Å². The van der Waals surface area contributed by atoms with Gasteiger partial charge in [0.2, 0.25) is 0 Å². The highest BCUT2D eigenvalue weighted by molar-refractivity contribution is 5.67. The van der Waals surface area contributed by atoms with Crippen LogP contribution in [0.1, 0.15) is 18.6 Å². The van der Waals surface area contributed by atoms with E-state index in [-0.39, 0.29) is 18.0 Å². The van der Waals surface area contributed by atoms with Gasteiger partial charge in [-0.2, -0.15) is 0 Å². The van der Waals surface area contributed by atoms with Crippen LogP contribution in [0.4, 0.5) is 9.18 Å². The van der Waals surface area contributed by atoms with Crippen LogP contribution in [0.15, 0.2) is 24.3 Å². The molecule has 1 aliphatic heterocycles. The van der Waals surface area contributed by atoms with Crippen LogP contribution in [0.5, 0.6) is 0 Å². The van der Waals surface area contributed by atoms with E-state index in [1.165, 1.54) is 12.1 Å². The van der Waals surface area contributed by atoms with Crippen molar-refractivity contribution < 1.29 is 18.7 Å². The highest BCUT2D eigenvalue weighted by Gasteiger charge is 2.26. The summed E-state index contributed by atoms with van der Waals surface area (Å²) in [6, 6.07) is 6.13. The molecule has 2 rings (SSSR count). The van der Waals surface area contributed by atoms with Gasteiger partial charge in [0.05, 0.1) is 19.8 Å². The monoisotopic (exact) mass is 253 g/mol. The van der Waals surface area contributed by atoms with E-state index in [0.717, 1.165) is 5.56 Å². The van der Waals surface area contributed by atoms with Crippen LogP contribution in [-0.2, 0) is 9.47 Å². The van der Waals surface area contributed by atoms with Crippen molar-refractivity contribution in [1.82, 2.24) is 4.90 Å². The number of rotatable bonds is 2. The molecule has 1 aromatic rings. The van der Waals surface area contributed by atoms with Gasteiger partial charge in [0.25, 0.3) is 0 Å². The summed E-state index contributed by atoms with van der Waals surface area (Å²) in [6.07, 6.45) is -0.545. The molecule has 18 heavy (non-hydrogen) atoms. The maximum absolute atomic E-state index is 12.8. The second-order valence-corrected chi connectivity index (χ2v) is 4.06. The molecule has 1 aliphatic rings. The number of benzene rings is 1. The number of amides is 1. The number of hydrogen-bond acceptors (Lipinski definition) is 3. The highest BCUT2D eigenvalue weighted by atomic mass is 19.1. The molecule has 0 aromatic heterocycles. The normalized spacial score (nSPS) is 19.7. The Morgan fingerprint density at radius 2 is 2.22 bits per heavy atom. The Morgan fingerprint density at radius 3 is 2.89 bits per heavy atom. The molecule has 1 aromatic carbocycles. The predicted molar refractivity (Wildman–Crippen MR) is 63.7 cm³/mol. The van der Waals surface area contributed by atoms with E-state index in [1.807, 2.05) is 0 Å². The van der Waals surface area contributed by atoms with Gasteiger partial charge in [-0.05, 0) is 24.6 Å². The van der Waals surface area contributed by atoms with Gasteiger partial charge in [-0.15, -0.1) is 0 Å². The topological polar surface area (TPSA) is 38.8 Å². The van der Waals surface area contributed by atoms with Crippen molar-refractivity contribution in [2.75, 3.05) is 26.3 Å². The number of halogens is 1. The van der Waals surface area contributed by atoms with Crippen molar-refractivity contribution in [3.8, 4) is 0 Å². The smallest absolute Gasteiger partial charge is 0.409 e. The SMILES string of the molecule is CCOC(=O)N1CCO[C@@H](c2ccc(F)cc2)C1. The summed E-state index contributed by atoms with van der Waals surface area (Å²) in [4.78, 5) is 13.2. The van der Waals surface area contributed by atoms with E-state index in [1.54, 1.807) is 24.0 Å². The summed E-state index contributed by atoms with van der Waals surface area (Å²) < 4.78 is 23.4. The molecule has 0 aliphatic carbocycles. The maximum atomic E-state index is 12.8. The summed E-state index contributed by atoms with van der Waals surface area (Å²) in [5.74, 6) is -0.281. The van der Waals surface area contributed by atoms with Crippen LogP contribution < -0.4 is 0 Å². The lowest BCUT2D eigenvalue weighted by molar-refractivity contribution is -0.0280. The van der Waals surface area contributed by atoms with Gasteiger partial charge < -0.3 is 14.4 Å². The third-order valence-electron chi connectivity index (χ3n) is 2.83. The largest absolute Gasteiger partial charge is 0.450 e. The summed E-state index contributed by atoms with van der Waals surface area (Å²) in [6.45, 7) is 3.55. The summed E-state index contributed by atoms with van der Waals surface area (Å²) in [5.41, 5.74) is 0.866. The zero-order chi connectivity index (χ0) is 13.0. The van der Waals surface area contributed by atoms with Crippen LogP contribution >= 0.6 is 0 Å². The lowest BCUT2D eigenvalue weighted by atomic mass is 10.1. The first-order chi connectivity index (χ1) is 8.70. The van der Waals surface area contributed by atoms with Crippen molar-refractivity contribution in [3.63, 3.8) is 0 Å². The average molecular weight is 253 g/mol. The van der Waals surface area contributed by atoms with Crippen molar-refractivity contribution in [2.45, 2.75) is 13.0 Å². The molecule has 0 radical (unpaired) electrons. The molecule has 98 valence electrons. The number of carbonyl (C=O) groups excluding carboxylic acids is 1. The molecule has 1 heterocycles. The van der Waals surface area contributed by atoms with Crippen LogP contribution in [0.25, 0.3) is 0 Å². The maximum Gasteiger partial charge on any atom is 0.409 e. The van der Waals surface area contributed by atoms with Gasteiger partial charge in [-0.3, -0.25) is 0 Å². The number of nitrogens with zero attached hydrogens (tertiary/aromatic N) is 1. The Morgan fingerprint density at radius 1 is 1.50 bits per heavy atom. The predicted octanol–water partition coefficient (Wildman–Crippen LogP) is 2.36. The number of hydrogen-bond donors (Lipinski definition) is 0. The molecule has 0 N–H and O–H groups in total. The fourth-order valence-electron chi connectivity index (χ4n) is 1.91. The lowest BCUT2D eigenvalue weighted by Crippen LogP contribution is -2.42. The fraction of sp³-hybridized carbons (Fsp3) is 0.462. The molecule has 0 saturated carbocycles. The Hall–Kier alpha value is -1.62. The van der Waals surface area contributed by atoms with Gasteiger partial charge in [0, 0.05) is 6.54 Å². The minimum Gasteiger partial charge on any atom is -0.450 e. The molecule has 5 heteroatoms. The van der Waals surface area contributed by atoms with E-state index in [9.17, 15) is 9.18 Å². The summed E-state index contributed by atoms with van der Waals surface area (Å²) in [7, 11) is 0. The van der Waals surface area contributed by atoms with Gasteiger partial charge in [0.1, 0.15) is 11.9 Å². The van der Waals surface area contributed by atoms with E-state index in [0.29, 0.717) is 26.3 Å². The van der Waals surface area contributed by atoms with Crippen LogP contribution in [0.3, 0.4) is 0 Å². The van der Waals surface area contributed by atoms with E-state index >= 15 is 0 Å². The third kappa shape index (κ3) is 2.98. The minimum absolute atomic E-state index is 0.219. The van der Waals surface area contributed by atoms with Crippen LogP contribution in [0, 0.1) is 5.82 Å². The first-order valence-corrected chi connectivity index (χ1v) is 5.99. The third-order valence-corrected chi connectivity index (χ3v) is 2.83. The fourth-order valence-corrected chi connectivity index (χ4v) is 1.91.